The average Bonchev–Trinajstić information content (AvgIpc) is 3.32. The molecule has 0 saturated heterocycles. The van der Waals surface area contributed by atoms with Gasteiger partial charge in [0.25, 0.3) is 5.91 Å². The normalized spacial score (nSPS) is 10.9. The third-order valence-corrected chi connectivity index (χ3v) is 4.50. The number of nitrogens with one attached hydrogen (secondary N) is 1. The number of amides is 1. The number of benzene rings is 1. The third kappa shape index (κ3) is 3.71. The maximum atomic E-state index is 12.3. The summed E-state index contributed by atoms with van der Waals surface area (Å²) in [7, 11) is 1.86. The number of ether oxygens (including phenoxy) is 1. The van der Waals surface area contributed by atoms with E-state index in [0.29, 0.717) is 18.2 Å². The van der Waals surface area contributed by atoms with Crippen molar-refractivity contribution in [3.05, 3.63) is 71.8 Å². The third-order valence-electron chi connectivity index (χ3n) is 4.50. The van der Waals surface area contributed by atoms with Gasteiger partial charge < -0.3 is 14.5 Å². The van der Waals surface area contributed by atoms with E-state index in [0.717, 1.165) is 22.2 Å². The minimum atomic E-state index is -0.310. The van der Waals surface area contributed by atoms with Crippen molar-refractivity contribution >= 4 is 16.8 Å². The highest BCUT2D eigenvalue weighted by molar-refractivity contribution is 5.91. The van der Waals surface area contributed by atoms with E-state index >= 15 is 0 Å². The maximum absolute atomic E-state index is 12.3. The van der Waals surface area contributed by atoms with Crippen LogP contribution in [0.25, 0.3) is 10.9 Å². The number of hydrogen-bond acceptors (Lipinski definition) is 6. The summed E-state index contributed by atoms with van der Waals surface area (Å²) in [6.45, 7) is 2.45. The van der Waals surface area contributed by atoms with Crippen LogP contribution in [0.3, 0.4) is 0 Å². The molecule has 0 saturated carbocycles. The number of carbonyl (C=O) groups excluding carboxylic acids is 1. The Morgan fingerprint density at radius 2 is 2.21 bits per heavy atom. The molecule has 1 amide bonds. The lowest BCUT2D eigenvalue weighted by atomic mass is 10.2. The van der Waals surface area contributed by atoms with Crippen molar-refractivity contribution in [3.63, 3.8) is 0 Å². The lowest BCUT2D eigenvalue weighted by molar-refractivity contribution is 0.0945. The molecule has 4 aromatic rings. The summed E-state index contributed by atoms with van der Waals surface area (Å²) in [6, 6.07) is 9.46. The summed E-state index contributed by atoms with van der Waals surface area (Å²) >= 11 is 0. The minimum Gasteiger partial charge on any atom is -0.484 e. The van der Waals surface area contributed by atoms with Crippen molar-refractivity contribution in [2.24, 2.45) is 7.05 Å². The SMILES string of the molecule is Cc1c(CNC(=O)c2coc(COc3ccc4ncccc4c3)n2)cnn1C. The predicted octanol–water partition coefficient (Wildman–Crippen LogP) is 2.77. The van der Waals surface area contributed by atoms with Crippen LogP contribution in [0.4, 0.5) is 0 Å². The van der Waals surface area contributed by atoms with Crippen LogP contribution >= 0.6 is 0 Å². The van der Waals surface area contributed by atoms with Gasteiger partial charge in [-0.05, 0) is 31.2 Å². The zero-order valence-corrected chi connectivity index (χ0v) is 15.5. The van der Waals surface area contributed by atoms with Gasteiger partial charge in [0.1, 0.15) is 12.0 Å². The molecule has 4 rings (SSSR count). The van der Waals surface area contributed by atoms with Crippen LogP contribution in [0, 0.1) is 6.92 Å². The summed E-state index contributed by atoms with van der Waals surface area (Å²) in [5.41, 5.74) is 3.06. The van der Waals surface area contributed by atoms with Crippen molar-refractivity contribution in [2.75, 3.05) is 0 Å². The van der Waals surface area contributed by atoms with Crippen molar-refractivity contribution in [1.82, 2.24) is 25.1 Å². The van der Waals surface area contributed by atoms with Crippen molar-refractivity contribution < 1.29 is 13.9 Å². The Morgan fingerprint density at radius 1 is 1.32 bits per heavy atom. The highest BCUT2D eigenvalue weighted by Gasteiger charge is 2.13. The standard InChI is InChI=1S/C20H19N5O3/c1-13-15(10-23-25(13)2)9-22-20(26)18-11-28-19(24-18)12-27-16-5-6-17-14(8-16)4-3-7-21-17/h3-8,10-11H,9,12H2,1-2H3,(H,22,26). The number of aryl methyl sites for hydroxylation is 1. The molecule has 1 N–H and O–H groups in total. The molecule has 3 heterocycles. The Bertz CT molecular complexity index is 1130. The van der Waals surface area contributed by atoms with Crippen LogP contribution in [0.15, 0.2) is 53.4 Å². The summed E-state index contributed by atoms with van der Waals surface area (Å²) in [5, 5.41) is 7.95. The molecule has 8 heteroatoms. The number of oxazole rings is 1. The fourth-order valence-corrected chi connectivity index (χ4v) is 2.75. The summed E-state index contributed by atoms with van der Waals surface area (Å²) < 4.78 is 12.8. The van der Waals surface area contributed by atoms with Gasteiger partial charge >= 0.3 is 0 Å². The van der Waals surface area contributed by atoms with Gasteiger partial charge in [-0.3, -0.25) is 14.5 Å². The first-order valence-corrected chi connectivity index (χ1v) is 8.78. The largest absolute Gasteiger partial charge is 0.484 e. The molecule has 8 nitrogen and oxygen atoms in total. The molecule has 0 aliphatic heterocycles. The van der Waals surface area contributed by atoms with Crippen LogP contribution in [0.5, 0.6) is 5.75 Å². The Balaban J connectivity index is 1.35. The Kier molecular flexibility index (Phi) is 4.76. The van der Waals surface area contributed by atoms with Gasteiger partial charge in [0.2, 0.25) is 5.89 Å². The predicted molar refractivity (Wildman–Crippen MR) is 102 cm³/mol. The Labute approximate surface area is 161 Å². The van der Waals surface area contributed by atoms with Gasteiger partial charge in [0, 0.05) is 36.4 Å². The molecule has 0 atom stereocenters. The molecular formula is C20H19N5O3. The van der Waals surface area contributed by atoms with Gasteiger partial charge in [0.05, 0.1) is 11.7 Å². The summed E-state index contributed by atoms with van der Waals surface area (Å²) in [6.07, 6.45) is 4.81. The zero-order chi connectivity index (χ0) is 19.5. The number of pyridine rings is 1. The quantitative estimate of drug-likeness (QED) is 0.555. The zero-order valence-electron chi connectivity index (χ0n) is 15.5. The fourth-order valence-electron chi connectivity index (χ4n) is 2.75. The highest BCUT2D eigenvalue weighted by atomic mass is 16.5. The van der Waals surface area contributed by atoms with Crippen LogP contribution in [0.2, 0.25) is 0 Å². The Morgan fingerprint density at radius 3 is 3.04 bits per heavy atom. The van der Waals surface area contributed by atoms with Crippen LogP contribution < -0.4 is 10.1 Å². The molecule has 1 aromatic carbocycles. The number of carbonyl (C=O) groups is 1. The molecule has 0 bridgehead atoms. The molecule has 0 spiro atoms. The van der Waals surface area contributed by atoms with Crippen molar-refractivity contribution in [2.45, 2.75) is 20.1 Å². The first kappa shape index (κ1) is 17.7. The van der Waals surface area contributed by atoms with E-state index < -0.39 is 0 Å². The lowest BCUT2D eigenvalue weighted by Gasteiger charge is -2.04. The fraction of sp³-hybridized carbons (Fsp3) is 0.200. The minimum absolute atomic E-state index is 0.126. The second kappa shape index (κ2) is 7.51. The molecule has 0 fully saturated rings. The average molecular weight is 377 g/mol. The second-order valence-corrected chi connectivity index (χ2v) is 6.33. The first-order valence-electron chi connectivity index (χ1n) is 8.78. The van der Waals surface area contributed by atoms with Crippen LogP contribution in [-0.4, -0.2) is 25.7 Å². The molecule has 3 aromatic heterocycles. The molecule has 0 radical (unpaired) electrons. The van der Waals surface area contributed by atoms with Gasteiger partial charge in [-0.2, -0.15) is 5.10 Å². The molecule has 142 valence electrons. The molecule has 0 aliphatic carbocycles. The monoisotopic (exact) mass is 377 g/mol. The van der Waals surface area contributed by atoms with E-state index in [1.54, 1.807) is 17.1 Å². The number of fused-ring (bicyclic) bond motifs is 1. The number of hydrogen-bond donors (Lipinski definition) is 1. The maximum Gasteiger partial charge on any atom is 0.273 e. The van der Waals surface area contributed by atoms with Gasteiger partial charge in [-0.15, -0.1) is 0 Å². The first-order chi connectivity index (χ1) is 13.6. The van der Waals surface area contributed by atoms with Gasteiger partial charge in [-0.1, -0.05) is 6.07 Å². The topological polar surface area (TPSA) is 95.1 Å². The van der Waals surface area contributed by atoms with E-state index in [4.69, 9.17) is 9.15 Å². The van der Waals surface area contributed by atoms with E-state index in [9.17, 15) is 4.79 Å². The van der Waals surface area contributed by atoms with E-state index in [-0.39, 0.29) is 18.2 Å². The lowest BCUT2D eigenvalue weighted by Crippen LogP contribution is -2.23. The smallest absolute Gasteiger partial charge is 0.273 e. The molecule has 0 aliphatic rings. The number of aromatic nitrogens is 4. The van der Waals surface area contributed by atoms with Crippen molar-refractivity contribution in [1.29, 1.82) is 0 Å². The van der Waals surface area contributed by atoms with Crippen LogP contribution in [0.1, 0.15) is 27.6 Å². The van der Waals surface area contributed by atoms with Crippen LogP contribution in [-0.2, 0) is 20.2 Å². The van der Waals surface area contributed by atoms with E-state index in [2.05, 4.69) is 20.4 Å². The molecule has 0 unspecified atom stereocenters. The van der Waals surface area contributed by atoms with E-state index in [1.165, 1.54) is 6.26 Å². The molecule has 28 heavy (non-hydrogen) atoms. The number of nitrogens with zero attached hydrogens (tertiary/aromatic N) is 4. The highest BCUT2D eigenvalue weighted by Crippen LogP contribution is 2.20. The van der Waals surface area contributed by atoms with Gasteiger partial charge in [-0.25, -0.2) is 4.98 Å². The second-order valence-electron chi connectivity index (χ2n) is 6.33. The Hall–Kier alpha value is -3.68. The summed E-state index contributed by atoms with van der Waals surface area (Å²) in [5.74, 6) is 0.695. The number of rotatable bonds is 6. The molecular weight excluding hydrogens is 358 g/mol. The van der Waals surface area contributed by atoms with Gasteiger partial charge in [0.15, 0.2) is 12.3 Å². The van der Waals surface area contributed by atoms with E-state index in [1.807, 2.05) is 44.3 Å². The van der Waals surface area contributed by atoms with Crippen molar-refractivity contribution in [3.8, 4) is 5.75 Å². The summed E-state index contributed by atoms with van der Waals surface area (Å²) in [4.78, 5) is 20.7.